The Kier molecular flexibility index (Phi) is 6.77. The number of carbonyl (C=O) groups excluding carboxylic acids is 4. The van der Waals surface area contributed by atoms with Crippen molar-refractivity contribution in [1.82, 2.24) is 0 Å². The molecule has 4 aromatic carbocycles. The number of ketones is 4. The van der Waals surface area contributed by atoms with Crippen LogP contribution in [0.3, 0.4) is 0 Å². The fraction of sp³-hybridized carbons (Fsp3) is 0. The van der Waals surface area contributed by atoms with Crippen molar-refractivity contribution in [3.63, 3.8) is 0 Å². The average Bonchev–Trinajstić information content (AvgIpc) is 2.92. The quantitative estimate of drug-likeness (QED) is 0.0949. The summed E-state index contributed by atoms with van der Waals surface area (Å²) in [7, 11) is 0. The average molecular weight is 546 g/mol. The first-order chi connectivity index (χ1) is 18.8. The summed E-state index contributed by atoms with van der Waals surface area (Å²) in [6.07, 6.45) is 0. The smallest absolute Gasteiger partial charge is 0.234 e. The second-order valence-corrected chi connectivity index (χ2v) is 8.50. The maximum atomic E-state index is 13.3. The molecule has 0 fully saturated rings. The maximum absolute atomic E-state index is 13.3. The molecule has 0 unspecified atom stereocenters. The number of carbonyl (C=O) groups is 4. The first-order valence-corrected chi connectivity index (χ1v) is 11.1. The van der Waals surface area contributed by atoms with Crippen LogP contribution < -0.4 is 0 Å². The molecule has 4 aromatic rings. The van der Waals surface area contributed by atoms with Crippen molar-refractivity contribution >= 4 is 23.1 Å². The van der Waals surface area contributed by atoms with Gasteiger partial charge in [0.2, 0.25) is 23.1 Å². The summed E-state index contributed by atoms with van der Waals surface area (Å²) in [6.45, 7) is 0. The largest absolute Gasteiger partial charge is 0.504 e. The Morgan fingerprint density at radius 1 is 0.350 bits per heavy atom. The third kappa shape index (κ3) is 4.79. The maximum Gasteiger partial charge on any atom is 0.234 e. The topological polar surface area (TPSA) is 230 Å². The minimum Gasteiger partial charge on any atom is -0.504 e. The van der Waals surface area contributed by atoms with Crippen LogP contribution in [0.25, 0.3) is 11.1 Å². The van der Waals surface area contributed by atoms with Crippen molar-refractivity contribution in [3.8, 4) is 57.1 Å². The predicted molar refractivity (Wildman–Crippen MR) is 135 cm³/mol. The van der Waals surface area contributed by atoms with Crippen LogP contribution in [-0.2, 0) is 0 Å². The van der Waals surface area contributed by atoms with Gasteiger partial charge in [0.1, 0.15) is 0 Å². The summed E-state index contributed by atoms with van der Waals surface area (Å²) in [5.41, 5.74) is -2.80. The van der Waals surface area contributed by atoms with Crippen LogP contribution in [0.5, 0.6) is 46.0 Å². The molecule has 202 valence electrons. The van der Waals surface area contributed by atoms with Crippen molar-refractivity contribution in [2.75, 3.05) is 0 Å². The van der Waals surface area contributed by atoms with Crippen LogP contribution in [0.4, 0.5) is 0 Å². The summed E-state index contributed by atoms with van der Waals surface area (Å²) in [5.74, 6) is -11.0. The minimum absolute atomic E-state index is 0.369. The molecule has 0 spiro atoms. The lowest BCUT2D eigenvalue weighted by Crippen LogP contribution is -2.18. The Bertz CT molecular complexity index is 1620. The number of rotatable bonds is 7. The number of hydrogen-bond donors (Lipinski definition) is 8. The van der Waals surface area contributed by atoms with E-state index < -0.39 is 91.4 Å². The lowest BCUT2D eigenvalue weighted by Gasteiger charge is -2.15. The van der Waals surface area contributed by atoms with Gasteiger partial charge in [-0.1, -0.05) is 0 Å². The van der Waals surface area contributed by atoms with E-state index in [4.69, 9.17) is 0 Å². The number of Topliss-reactive ketones (excluding diaryl/α,β-unsaturated/α-hetero) is 4. The van der Waals surface area contributed by atoms with Gasteiger partial charge >= 0.3 is 0 Å². The molecule has 0 amide bonds. The molecule has 0 bridgehead atoms. The second kappa shape index (κ2) is 10.0. The Morgan fingerprint density at radius 2 is 0.650 bits per heavy atom. The Morgan fingerprint density at radius 3 is 0.975 bits per heavy atom. The summed E-state index contributed by atoms with van der Waals surface area (Å²) in [6, 6.07) is 8.54. The zero-order valence-corrected chi connectivity index (χ0v) is 20.0. The Balaban J connectivity index is 1.90. The van der Waals surface area contributed by atoms with Crippen molar-refractivity contribution in [2.45, 2.75) is 0 Å². The van der Waals surface area contributed by atoms with Gasteiger partial charge in [0.15, 0.2) is 46.0 Å². The zero-order chi connectivity index (χ0) is 29.5. The van der Waals surface area contributed by atoms with Crippen molar-refractivity contribution in [3.05, 3.63) is 82.9 Å². The first-order valence-electron chi connectivity index (χ1n) is 11.1. The molecule has 0 radical (unpaired) electrons. The molecule has 12 heteroatoms. The molecular weight excluding hydrogens is 528 g/mol. The van der Waals surface area contributed by atoms with Crippen LogP contribution in [0.1, 0.15) is 41.4 Å². The standard InChI is InChI=1S/C28H18O12/c29-17-3-1-11(5-19(17)31)25(37)27(39)15-9-23(35)21(33)7-13(15)14-8-22(34)24(36)10-16(14)28(40)26(38)12-2-4-18(30)20(32)6-12/h1-10,29-36H. The third-order valence-corrected chi connectivity index (χ3v) is 5.90. The molecule has 0 saturated heterocycles. The van der Waals surface area contributed by atoms with E-state index in [-0.39, 0.29) is 11.1 Å². The van der Waals surface area contributed by atoms with E-state index in [1.54, 1.807) is 0 Å². The molecule has 8 N–H and O–H groups in total. The molecule has 40 heavy (non-hydrogen) atoms. The van der Waals surface area contributed by atoms with Gasteiger partial charge in [-0.2, -0.15) is 0 Å². The van der Waals surface area contributed by atoms with E-state index in [2.05, 4.69) is 0 Å². The number of benzene rings is 4. The fourth-order valence-corrected chi connectivity index (χ4v) is 3.81. The van der Waals surface area contributed by atoms with Crippen LogP contribution in [0, 0.1) is 0 Å². The highest BCUT2D eigenvalue weighted by molar-refractivity contribution is 6.52. The van der Waals surface area contributed by atoms with Gasteiger partial charge in [0.05, 0.1) is 0 Å². The van der Waals surface area contributed by atoms with Crippen molar-refractivity contribution in [1.29, 1.82) is 0 Å². The normalized spacial score (nSPS) is 10.7. The fourth-order valence-electron chi connectivity index (χ4n) is 3.81. The van der Waals surface area contributed by atoms with E-state index in [1.165, 1.54) is 0 Å². The van der Waals surface area contributed by atoms with Gasteiger partial charge in [-0.15, -0.1) is 0 Å². The lowest BCUT2D eigenvalue weighted by molar-refractivity contribution is 0.0815. The van der Waals surface area contributed by atoms with Crippen LogP contribution in [-0.4, -0.2) is 64.0 Å². The SMILES string of the molecule is O=C(C(=O)c1cc(O)c(O)cc1-c1cc(O)c(O)cc1C(=O)C(=O)c1ccc(O)c(O)c1)c1ccc(O)c(O)c1. The molecule has 0 aliphatic rings. The number of phenols is 8. The highest BCUT2D eigenvalue weighted by Gasteiger charge is 2.29. The molecule has 0 heterocycles. The second-order valence-electron chi connectivity index (χ2n) is 8.50. The van der Waals surface area contributed by atoms with Gasteiger partial charge in [-0.25, -0.2) is 0 Å². The van der Waals surface area contributed by atoms with E-state index >= 15 is 0 Å². The molecule has 0 aliphatic heterocycles. The number of phenolic OH excluding ortho intramolecular Hbond substituents is 8. The molecule has 0 aliphatic carbocycles. The summed E-state index contributed by atoms with van der Waals surface area (Å²) >= 11 is 0. The summed E-state index contributed by atoms with van der Waals surface area (Å²) in [4.78, 5) is 52.4. The van der Waals surface area contributed by atoms with Crippen LogP contribution in [0.15, 0.2) is 60.7 Å². The van der Waals surface area contributed by atoms with E-state index in [1.807, 2.05) is 0 Å². The highest BCUT2D eigenvalue weighted by Crippen LogP contribution is 2.41. The van der Waals surface area contributed by atoms with E-state index in [9.17, 15) is 60.0 Å². The predicted octanol–water partition coefficient (Wildman–Crippen LogP) is 3.13. The van der Waals surface area contributed by atoms with Gasteiger partial charge in [-0.05, 0) is 71.8 Å². The summed E-state index contributed by atoms with van der Waals surface area (Å²) in [5, 5.41) is 78.9. The number of aromatic hydroxyl groups is 8. The van der Waals surface area contributed by atoms with E-state index in [0.29, 0.717) is 12.1 Å². The molecule has 0 aromatic heterocycles. The van der Waals surface area contributed by atoms with Gasteiger partial charge < -0.3 is 40.9 Å². The summed E-state index contributed by atoms with van der Waals surface area (Å²) < 4.78 is 0. The minimum atomic E-state index is -1.32. The van der Waals surface area contributed by atoms with Gasteiger partial charge in [0, 0.05) is 22.3 Å². The van der Waals surface area contributed by atoms with Gasteiger partial charge in [0.25, 0.3) is 0 Å². The first kappa shape index (κ1) is 27.0. The monoisotopic (exact) mass is 546 g/mol. The van der Waals surface area contributed by atoms with E-state index in [0.717, 1.165) is 48.5 Å². The molecular formula is C28H18O12. The van der Waals surface area contributed by atoms with Crippen LogP contribution in [0.2, 0.25) is 0 Å². The zero-order valence-electron chi connectivity index (χ0n) is 20.0. The Labute approximate surface area is 223 Å². The van der Waals surface area contributed by atoms with Crippen molar-refractivity contribution < 1.29 is 60.0 Å². The highest BCUT2D eigenvalue weighted by atomic mass is 16.3. The third-order valence-electron chi connectivity index (χ3n) is 5.90. The molecule has 0 atom stereocenters. The molecule has 0 saturated carbocycles. The molecule has 12 nitrogen and oxygen atoms in total. The Hall–Kier alpha value is -6.04. The van der Waals surface area contributed by atoms with Crippen LogP contribution >= 0.6 is 0 Å². The lowest BCUT2D eigenvalue weighted by atomic mass is 9.87. The number of hydrogen-bond acceptors (Lipinski definition) is 12. The van der Waals surface area contributed by atoms with Gasteiger partial charge in [-0.3, -0.25) is 19.2 Å². The molecule has 4 rings (SSSR count). The van der Waals surface area contributed by atoms with Crippen molar-refractivity contribution in [2.24, 2.45) is 0 Å².